The smallest absolute Gasteiger partial charge is 0.222 e. The molecule has 1 atom stereocenters. The van der Waals surface area contributed by atoms with Crippen molar-refractivity contribution in [2.24, 2.45) is 0 Å². The molecule has 0 spiro atoms. The van der Waals surface area contributed by atoms with Crippen LogP contribution < -0.4 is 0 Å². The van der Waals surface area contributed by atoms with Gasteiger partial charge in [0.1, 0.15) is 0 Å². The van der Waals surface area contributed by atoms with Crippen molar-refractivity contribution in [2.45, 2.75) is 116 Å². The van der Waals surface area contributed by atoms with Crippen LogP contribution in [0, 0.1) is 0 Å². The molecule has 0 rings (SSSR count). The highest BCUT2D eigenvalue weighted by Gasteiger charge is 2.09. The second kappa shape index (κ2) is 17.3. The number of hydrogen-bond acceptors (Lipinski definition) is 2. The van der Waals surface area contributed by atoms with Crippen molar-refractivity contribution in [3.63, 3.8) is 0 Å². The van der Waals surface area contributed by atoms with Crippen molar-refractivity contribution >= 4 is 5.91 Å². The monoisotopic (exact) mass is 341 g/mol. The van der Waals surface area contributed by atoms with E-state index in [4.69, 9.17) is 0 Å². The van der Waals surface area contributed by atoms with Gasteiger partial charge in [0.05, 0.1) is 6.10 Å². The molecular formula is C21H43NO2. The van der Waals surface area contributed by atoms with Crippen molar-refractivity contribution in [1.29, 1.82) is 0 Å². The van der Waals surface area contributed by atoms with E-state index in [2.05, 4.69) is 6.92 Å². The maximum atomic E-state index is 11.8. The van der Waals surface area contributed by atoms with Crippen LogP contribution in [0.25, 0.3) is 0 Å². The van der Waals surface area contributed by atoms with Crippen LogP contribution in [0.3, 0.4) is 0 Å². The van der Waals surface area contributed by atoms with Gasteiger partial charge in [0, 0.05) is 20.0 Å². The number of nitrogens with zero attached hydrogens (tertiary/aromatic N) is 1. The minimum Gasteiger partial charge on any atom is -0.392 e. The zero-order chi connectivity index (χ0) is 18.0. The third kappa shape index (κ3) is 16.3. The van der Waals surface area contributed by atoms with E-state index in [1.165, 1.54) is 77.0 Å². The Labute approximate surface area is 151 Å². The molecule has 3 heteroatoms. The lowest BCUT2D eigenvalue weighted by atomic mass is 10.0. The molecule has 0 fully saturated rings. The van der Waals surface area contributed by atoms with E-state index >= 15 is 0 Å². The number of carbonyl (C=O) groups is 1. The topological polar surface area (TPSA) is 40.5 Å². The van der Waals surface area contributed by atoms with Crippen LogP contribution in [-0.2, 0) is 4.79 Å². The molecule has 0 aliphatic carbocycles. The number of likely N-dealkylation sites (N-methyl/N-ethyl adjacent to an activating group) is 1. The summed E-state index contributed by atoms with van der Waals surface area (Å²) in [4.78, 5) is 13.5. The molecule has 0 radical (unpaired) electrons. The highest BCUT2D eigenvalue weighted by atomic mass is 16.3. The molecule has 1 amide bonds. The summed E-state index contributed by atoms with van der Waals surface area (Å²) in [5, 5.41) is 9.27. The molecule has 144 valence electrons. The Bertz CT molecular complexity index is 279. The molecule has 1 N–H and O–H groups in total. The standard InChI is InChI=1S/C21H43NO2/c1-4-5-6-7-8-9-10-11-12-13-14-15-16-17-18-21(24)22(3)19-20(2)23/h20,23H,4-19H2,1-3H3. The third-order valence-corrected chi connectivity index (χ3v) is 4.71. The van der Waals surface area contributed by atoms with Crippen LogP contribution in [0.5, 0.6) is 0 Å². The minimum absolute atomic E-state index is 0.162. The quantitative estimate of drug-likeness (QED) is 0.345. The predicted molar refractivity (Wildman–Crippen MR) is 104 cm³/mol. The zero-order valence-electron chi connectivity index (χ0n) is 16.7. The fourth-order valence-corrected chi connectivity index (χ4v) is 3.16. The highest BCUT2D eigenvalue weighted by Crippen LogP contribution is 2.13. The molecule has 0 bridgehead atoms. The Morgan fingerprint density at radius 1 is 0.792 bits per heavy atom. The molecule has 0 aromatic rings. The molecule has 0 aliphatic rings. The third-order valence-electron chi connectivity index (χ3n) is 4.71. The van der Waals surface area contributed by atoms with Gasteiger partial charge >= 0.3 is 0 Å². The van der Waals surface area contributed by atoms with Crippen molar-refractivity contribution in [1.82, 2.24) is 4.90 Å². The summed E-state index contributed by atoms with van der Waals surface area (Å²) in [5.41, 5.74) is 0. The number of aliphatic hydroxyl groups excluding tert-OH is 1. The zero-order valence-corrected chi connectivity index (χ0v) is 16.7. The first-order chi connectivity index (χ1) is 11.6. The van der Waals surface area contributed by atoms with Crippen molar-refractivity contribution in [2.75, 3.05) is 13.6 Å². The Balaban J connectivity index is 3.21. The van der Waals surface area contributed by atoms with Gasteiger partial charge in [0.25, 0.3) is 0 Å². The van der Waals surface area contributed by atoms with E-state index in [1.54, 1.807) is 18.9 Å². The lowest BCUT2D eigenvalue weighted by Gasteiger charge is -2.18. The van der Waals surface area contributed by atoms with E-state index in [0.717, 1.165) is 12.8 Å². The van der Waals surface area contributed by atoms with Gasteiger partial charge in [-0.3, -0.25) is 4.79 Å². The van der Waals surface area contributed by atoms with Crippen LogP contribution in [0.2, 0.25) is 0 Å². The van der Waals surface area contributed by atoms with Gasteiger partial charge in [-0.05, 0) is 13.3 Å². The first-order valence-corrected chi connectivity index (χ1v) is 10.5. The Morgan fingerprint density at radius 2 is 1.17 bits per heavy atom. The van der Waals surface area contributed by atoms with E-state index in [9.17, 15) is 9.90 Å². The fourth-order valence-electron chi connectivity index (χ4n) is 3.16. The van der Waals surface area contributed by atoms with E-state index < -0.39 is 6.10 Å². The number of amides is 1. The molecular weight excluding hydrogens is 298 g/mol. The summed E-state index contributed by atoms with van der Waals surface area (Å²) in [5.74, 6) is 0.162. The minimum atomic E-state index is -0.435. The van der Waals surface area contributed by atoms with E-state index in [0.29, 0.717) is 13.0 Å². The largest absolute Gasteiger partial charge is 0.392 e. The Morgan fingerprint density at radius 3 is 1.54 bits per heavy atom. The summed E-state index contributed by atoms with van der Waals surface area (Å²) < 4.78 is 0. The number of hydrogen-bond donors (Lipinski definition) is 1. The molecule has 3 nitrogen and oxygen atoms in total. The molecule has 0 aromatic carbocycles. The number of rotatable bonds is 17. The average Bonchev–Trinajstić information content (AvgIpc) is 2.54. The van der Waals surface area contributed by atoms with Crippen molar-refractivity contribution < 1.29 is 9.90 Å². The van der Waals surface area contributed by atoms with Crippen molar-refractivity contribution in [3.8, 4) is 0 Å². The maximum absolute atomic E-state index is 11.8. The van der Waals surface area contributed by atoms with E-state index in [-0.39, 0.29) is 5.91 Å². The predicted octanol–water partition coefficient (Wildman–Crippen LogP) is 5.70. The van der Waals surface area contributed by atoms with Gasteiger partial charge in [-0.15, -0.1) is 0 Å². The molecule has 0 saturated heterocycles. The summed E-state index contributed by atoms with van der Waals surface area (Å²) in [6.45, 7) is 4.43. The summed E-state index contributed by atoms with van der Waals surface area (Å²) >= 11 is 0. The lowest BCUT2D eigenvalue weighted by Crippen LogP contribution is -2.32. The second-order valence-corrected chi connectivity index (χ2v) is 7.47. The van der Waals surface area contributed by atoms with Gasteiger partial charge in [-0.1, -0.05) is 90.4 Å². The van der Waals surface area contributed by atoms with Gasteiger partial charge in [-0.2, -0.15) is 0 Å². The highest BCUT2D eigenvalue weighted by molar-refractivity contribution is 5.75. The van der Waals surface area contributed by atoms with Crippen molar-refractivity contribution in [3.05, 3.63) is 0 Å². The summed E-state index contributed by atoms with van der Waals surface area (Å²) in [7, 11) is 1.78. The second-order valence-electron chi connectivity index (χ2n) is 7.47. The van der Waals surface area contributed by atoms with Crippen LogP contribution in [-0.4, -0.2) is 35.6 Å². The van der Waals surface area contributed by atoms with Gasteiger partial charge in [-0.25, -0.2) is 0 Å². The molecule has 1 unspecified atom stereocenters. The van der Waals surface area contributed by atoms with Crippen LogP contribution in [0.4, 0.5) is 0 Å². The van der Waals surface area contributed by atoms with Gasteiger partial charge in [0.15, 0.2) is 0 Å². The molecule has 0 aliphatic heterocycles. The number of unbranched alkanes of at least 4 members (excludes halogenated alkanes) is 13. The van der Waals surface area contributed by atoms with Crippen LogP contribution >= 0.6 is 0 Å². The fraction of sp³-hybridized carbons (Fsp3) is 0.952. The van der Waals surface area contributed by atoms with Crippen LogP contribution in [0.1, 0.15) is 110 Å². The first kappa shape index (κ1) is 23.4. The van der Waals surface area contributed by atoms with E-state index in [1.807, 2.05) is 0 Å². The molecule has 24 heavy (non-hydrogen) atoms. The molecule has 0 heterocycles. The first-order valence-electron chi connectivity index (χ1n) is 10.5. The number of carbonyl (C=O) groups excluding carboxylic acids is 1. The molecule has 0 aromatic heterocycles. The summed E-state index contributed by atoms with van der Waals surface area (Å²) in [6.07, 6.45) is 18.9. The number of aliphatic hydroxyl groups is 1. The Kier molecular flexibility index (Phi) is 16.8. The van der Waals surface area contributed by atoms with Gasteiger partial charge in [0.2, 0.25) is 5.91 Å². The summed E-state index contributed by atoms with van der Waals surface area (Å²) in [6, 6.07) is 0. The molecule has 0 saturated carbocycles. The normalized spacial score (nSPS) is 12.3. The van der Waals surface area contributed by atoms with Crippen LogP contribution in [0.15, 0.2) is 0 Å². The average molecular weight is 342 g/mol. The lowest BCUT2D eigenvalue weighted by molar-refractivity contribution is -0.131. The van der Waals surface area contributed by atoms with Gasteiger partial charge < -0.3 is 10.0 Å². The SMILES string of the molecule is CCCCCCCCCCCCCCCCC(=O)N(C)CC(C)O. The Hall–Kier alpha value is -0.570. The maximum Gasteiger partial charge on any atom is 0.222 e.